The second-order valence-corrected chi connectivity index (χ2v) is 6.07. The van der Waals surface area contributed by atoms with Crippen LogP contribution in [0.25, 0.3) is 0 Å². The van der Waals surface area contributed by atoms with Crippen LogP contribution in [0.15, 0.2) is 28.7 Å². The zero-order valence-electron chi connectivity index (χ0n) is 12.3. The van der Waals surface area contributed by atoms with Crippen LogP contribution in [0.5, 0.6) is 5.75 Å². The summed E-state index contributed by atoms with van der Waals surface area (Å²) < 4.78 is 11.9. The van der Waals surface area contributed by atoms with Crippen molar-refractivity contribution in [2.45, 2.75) is 12.8 Å². The number of ether oxygens (including phenoxy) is 2. The Bertz CT molecular complexity index is 464. The van der Waals surface area contributed by atoms with Gasteiger partial charge in [-0.1, -0.05) is 15.9 Å². The molecular weight excluding hydrogens is 372 g/mol. The number of rotatable bonds is 6. The van der Waals surface area contributed by atoms with Crippen LogP contribution in [0.2, 0.25) is 0 Å². The molecule has 1 aliphatic rings. The first kappa shape index (κ1) is 19.2. The molecule has 1 saturated heterocycles. The fourth-order valence-electron chi connectivity index (χ4n) is 2.34. The summed E-state index contributed by atoms with van der Waals surface area (Å²) in [5, 5.41) is 2.92. The van der Waals surface area contributed by atoms with E-state index in [0.29, 0.717) is 45.8 Å². The molecule has 1 fully saturated rings. The van der Waals surface area contributed by atoms with E-state index in [0.717, 1.165) is 10.2 Å². The molecule has 0 unspecified atom stereocenters. The van der Waals surface area contributed by atoms with Crippen molar-refractivity contribution in [3.8, 4) is 5.75 Å². The molecule has 0 spiro atoms. The number of benzene rings is 1. The van der Waals surface area contributed by atoms with Crippen LogP contribution in [0.4, 0.5) is 0 Å². The van der Waals surface area contributed by atoms with E-state index in [1.54, 1.807) is 0 Å². The van der Waals surface area contributed by atoms with Crippen molar-refractivity contribution >= 4 is 34.2 Å². The quantitative estimate of drug-likeness (QED) is 0.726. The highest BCUT2D eigenvalue weighted by molar-refractivity contribution is 9.10. The molecule has 0 bridgehead atoms. The number of amides is 1. The van der Waals surface area contributed by atoms with E-state index in [2.05, 4.69) is 21.2 Å². The van der Waals surface area contributed by atoms with Crippen LogP contribution in [0.3, 0.4) is 0 Å². The molecule has 3 N–H and O–H groups in total. The van der Waals surface area contributed by atoms with Crippen LogP contribution < -0.4 is 15.8 Å². The maximum atomic E-state index is 12.3. The Kier molecular flexibility index (Phi) is 8.17. The lowest BCUT2D eigenvalue weighted by Crippen LogP contribution is -2.49. The molecule has 22 heavy (non-hydrogen) atoms. The molecule has 1 aromatic carbocycles. The molecule has 7 heteroatoms. The second-order valence-electron chi connectivity index (χ2n) is 5.16. The van der Waals surface area contributed by atoms with Crippen LogP contribution in [0.1, 0.15) is 12.8 Å². The van der Waals surface area contributed by atoms with Crippen LogP contribution in [-0.2, 0) is 9.53 Å². The highest BCUT2D eigenvalue weighted by Crippen LogP contribution is 2.29. The zero-order chi connectivity index (χ0) is 15.1. The highest BCUT2D eigenvalue weighted by Gasteiger charge is 2.38. The number of carbonyl (C=O) groups excluding carboxylic acids is 1. The van der Waals surface area contributed by atoms with Crippen LogP contribution >= 0.6 is 28.3 Å². The molecule has 1 heterocycles. The second kappa shape index (κ2) is 9.35. The van der Waals surface area contributed by atoms with Crippen molar-refractivity contribution in [2.24, 2.45) is 11.1 Å². The van der Waals surface area contributed by atoms with Gasteiger partial charge in [0.2, 0.25) is 5.91 Å². The minimum absolute atomic E-state index is 0. The van der Waals surface area contributed by atoms with E-state index in [4.69, 9.17) is 15.2 Å². The van der Waals surface area contributed by atoms with Crippen molar-refractivity contribution < 1.29 is 14.3 Å². The molecule has 0 atom stereocenters. The maximum Gasteiger partial charge on any atom is 0.227 e. The summed E-state index contributed by atoms with van der Waals surface area (Å²) in [6.07, 6.45) is 1.37. The van der Waals surface area contributed by atoms with Gasteiger partial charge in [-0.05, 0) is 37.1 Å². The normalized spacial score (nSPS) is 16.5. The summed E-state index contributed by atoms with van der Waals surface area (Å²) in [6, 6.07) is 7.59. The maximum absolute atomic E-state index is 12.3. The average Bonchev–Trinajstić information content (AvgIpc) is 2.53. The summed E-state index contributed by atoms with van der Waals surface area (Å²) in [6.45, 7) is 2.46. The average molecular weight is 394 g/mol. The van der Waals surface area contributed by atoms with E-state index in [-0.39, 0.29) is 18.3 Å². The van der Waals surface area contributed by atoms with Gasteiger partial charge in [0.15, 0.2) is 0 Å². The molecule has 124 valence electrons. The third kappa shape index (κ3) is 5.12. The van der Waals surface area contributed by atoms with Gasteiger partial charge in [-0.2, -0.15) is 0 Å². The molecule has 1 amide bonds. The van der Waals surface area contributed by atoms with Crippen LogP contribution in [0, 0.1) is 5.41 Å². The Morgan fingerprint density at radius 3 is 2.55 bits per heavy atom. The van der Waals surface area contributed by atoms with Gasteiger partial charge in [-0.25, -0.2) is 0 Å². The monoisotopic (exact) mass is 392 g/mol. The zero-order valence-corrected chi connectivity index (χ0v) is 14.7. The first-order valence-electron chi connectivity index (χ1n) is 7.11. The van der Waals surface area contributed by atoms with Gasteiger partial charge in [0.25, 0.3) is 0 Å². The minimum Gasteiger partial charge on any atom is -0.492 e. The van der Waals surface area contributed by atoms with Crippen molar-refractivity contribution in [3.63, 3.8) is 0 Å². The minimum atomic E-state index is -0.476. The summed E-state index contributed by atoms with van der Waals surface area (Å²) in [7, 11) is 0. The van der Waals surface area contributed by atoms with Crippen LogP contribution in [-0.4, -0.2) is 38.8 Å². The van der Waals surface area contributed by atoms with Gasteiger partial charge in [0, 0.05) is 24.2 Å². The Morgan fingerprint density at radius 2 is 1.95 bits per heavy atom. The van der Waals surface area contributed by atoms with Crippen molar-refractivity contribution in [2.75, 3.05) is 32.9 Å². The third-order valence-corrected chi connectivity index (χ3v) is 4.32. The number of halogens is 2. The molecule has 0 radical (unpaired) electrons. The Morgan fingerprint density at radius 1 is 1.32 bits per heavy atom. The lowest BCUT2D eigenvalue weighted by atomic mass is 9.79. The molecule has 0 aromatic heterocycles. The van der Waals surface area contributed by atoms with Crippen molar-refractivity contribution in [1.82, 2.24) is 5.32 Å². The SMILES string of the molecule is Cl.NCC1(C(=O)NCCOc2ccc(Br)cc2)CCOCC1. The number of hydrogen-bond acceptors (Lipinski definition) is 4. The van der Waals surface area contributed by atoms with Gasteiger partial charge in [-0.3, -0.25) is 4.79 Å². The molecule has 1 aliphatic heterocycles. The molecule has 0 saturated carbocycles. The number of nitrogens with one attached hydrogen (secondary N) is 1. The summed E-state index contributed by atoms with van der Waals surface area (Å²) in [5.74, 6) is 0.791. The standard InChI is InChI=1S/C15H21BrN2O3.ClH/c16-12-1-3-13(4-2-12)21-10-7-18-14(19)15(11-17)5-8-20-9-6-15;/h1-4H,5-11,17H2,(H,18,19);1H. The molecule has 2 rings (SSSR count). The Labute approximate surface area is 145 Å². The van der Waals surface area contributed by atoms with Crippen molar-refractivity contribution in [3.05, 3.63) is 28.7 Å². The summed E-state index contributed by atoms with van der Waals surface area (Å²) >= 11 is 3.37. The molecular formula is C15H22BrClN2O3. The highest BCUT2D eigenvalue weighted by atomic mass is 79.9. The van der Waals surface area contributed by atoms with Gasteiger partial charge in [-0.15, -0.1) is 12.4 Å². The smallest absolute Gasteiger partial charge is 0.227 e. The lowest BCUT2D eigenvalue weighted by Gasteiger charge is -2.34. The summed E-state index contributed by atoms with van der Waals surface area (Å²) in [4.78, 5) is 12.3. The predicted octanol–water partition coefficient (Wildman–Crippen LogP) is 2.12. The first-order valence-corrected chi connectivity index (χ1v) is 7.90. The van der Waals surface area contributed by atoms with Gasteiger partial charge >= 0.3 is 0 Å². The molecule has 1 aromatic rings. The number of carbonyl (C=O) groups is 1. The molecule has 5 nitrogen and oxygen atoms in total. The van der Waals surface area contributed by atoms with E-state index in [9.17, 15) is 4.79 Å². The summed E-state index contributed by atoms with van der Waals surface area (Å²) in [5.41, 5.74) is 5.32. The number of nitrogens with two attached hydrogens (primary N) is 1. The van der Waals surface area contributed by atoms with Gasteiger partial charge < -0.3 is 20.5 Å². The topological polar surface area (TPSA) is 73.6 Å². The molecule has 0 aliphatic carbocycles. The number of hydrogen-bond donors (Lipinski definition) is 2. The van der Waals surface area contributed by atoms with Crippen molar-refractivity contribution in [1.29, 1.82) is 0 Å². The lowest BCUT2D eigenvalue weighted by molar-refractivity contribution is -0.136. The predicted molar refractivity (Wildman–Crippen MR) is 91.4 cm³/mol. The fourth-order valence-corrected chi connectivity index (χ4v) is 2.60. The first-order chi connectivity index (χ1) is 10.2. The van der Waals surface area contributed by atoms with Gasteiger partial charge in [0.05, 0.1) is 12.0 Å². The van der Waals surface area contributed by atoms with E-state index < -0.39 is 5.41 Å². The Hall–Kier alpha value is -0.820. The Balaban J connectivity index is 0.00000242. The van der Waals surface area contributed by atoms with Gasteiger partial charge in [0.1, 0.15) is 12.4 Å². The van der Waals surface area contributed by atoms with E-state index >= 15 is 0 Å². The third-order valence-electron chi connectivity index (χ3n) is 3.79. The van der Waals surface area contributed by atoms with E-state index in [1.165, 1.54) is 0 Å². The fraction of sp³-hybridized carbons (Fsp3) is 0.533. The largest absolute Gasteiger partial charge is 0.492 e. The van der Waals surface area contributed by atoms with E-state index in [1.807, 2.05) is 24.3 Å².